The molecule has 0 aliphatic rings. The van der Waals surface area contributed by atoms with Gasteiger partial charge in [0.1, 0.15) is 19.0 Å². The number of imidazole rings is 1. The van der Waals surface area contributed by atoms with Crippen LogP contribution in [0.15, 0.2) is 48.5 Å². The lowest BCUT2D eigenvalue weighted by Gasteiger charge is -2.22. The van der Waals surface area contributed by atoms with E-state index in [4.69, 9.17) is 0 Å². The monoisotopic (exact) mass is 323 g/mol. The van der Waals surface area contributed by atoms with Gasteiger partial charge in [-0.3, -0.25) is 4.79 Å². The number of aryl methyl sites for hydroxylation is 1. The highest BCUT2D eigenvalue weighted by molar-refractivity contribution is 5.94. The van der Waals surface area contributed by atoms with Crippen LogP contribution in [0.25, 0.3) is 11.0 Å². The second kappa shape index (κ2) is 6.84. The van der Waals surface area contributed by atoms with Crippen LogP contribution in [-0.4, -0.2) is 27.1 Å². The fourth-order valence-corrected chi connectivity index (χ4v) is 2.94. The van der Waals surface area contributed by atoms with E-state index in [9.17, 15) is 9.90 Å². The minimum atomic E-state index is -0.196. The highest BCUT2D eigenvalue weighted by atomic mass is 16.3. The van der Waals surface area contributed by atoms with Crippen LogP contribution in [0, 0.1) is 6.92 Å². The molecule has 0 radical (unpaired) electrons. The number of hydrogen-bond acceptors (Lipinski definition) is 3. The zero-order valence-electron chi connectivity index (χ0n) is 13.9. The van der Waals surface area contributed by atoms with E-state index in [-0.39, 0.29) is 19.1 Å². The van der Waals surface area contributed by atoms with E-state index < -0.39 is 0 Å². The minimum Gasteiger partial charge on any atom is -0.388 e. The molecule has 0 saturated carbocycles. The molecule has 0 aliphatic carbocycles. The van der Waals surface area contributed by atoms with Crippen LogP contribution in [0.5, 0.6) is 0 Å². The number of benzene rings is 2. The van der Waals surface area contributed by atoms with Crippen LogP contribution < -0.4 is 4.90 Å². The number of nitrogens with zero attached hydrogens (tertiary/aromatic N) is 3. The van der Waals surface area contributed by atoms with Gasteiger partial charge >= 0.3 is 0 Å². The Morgan fingerprint density at radius 3 is 2.71 bits per heavy atom. The van der Waals surface area contributed by atoms with Gasteiger partial charge in [-0.1, -0.05) is 24.3 Å². The summed E-state index contributed by atoms with van der Waals surface area (Å²) in [6, 6.07) is 15.5. The van der Waals surface area contributed by atoms with E-state index in [0.717, 1.165) is 22.3 Å². The fourth-order valence-electron chi connectivity index (χ4n) is 2.94. The second-order valence-corrected chi connectivity index (χ2v) is 5.74. The number of likely N-dealkylation sites (N-methyl/N-ethyl adjacent to an activating group) is 1. The standard InChI is InChI=1S/C19H21N3O2/c1-3-21(15-8-6-7-14(2)11-15)19(24)12-22-17-10-5-4-9-16(17)20-18(22)13-23/h4-11,23H,3,12-13H2,1-2H3. The van der Waals surface area contributed by atoms with Gasteiger partial charge in [-0.25, -0.2) is 4.98 Å². The van der Waals surface area contributed by atoms with E-state index in [1.54, 1.807) is 9.47 Å². The Bertz CT molecular complexity index is 870. The summed E-state index contributed by atoms with van der Waals surface area (Å²) in [5.41, 5.74) is 3.64. The molecule has 1 heterocycles. The minimum absolute atomic E-state index is 0.0269. The molecule has 2 aromatic carbocycles. The molecule has 0 saturated heterocycles. The molecule has 1 N–H and O–H groups in total. The molecule has 24 heavy (non-hydrogen) atoms. The number of anilines is 1. The summed E-state index contributed by atoms with van der Waals surface area (Å²) in [6.07, 6.45) is 0. The van der Waals surface area contributed by atoms with Crippen molar-refractivity contribution in [2.24, 2.45) is 0 Å². The van der Waals surface area contributed by atoms with Crippen LogP contribution in [0.2, 0.25) is 0 Å². The molecule has 0 atom stereocenters. The first-order chi connectivity index (χ1) is 11.6. The SMILES string of the molecule is CCN(C(=O)Cn1c(CO)nc2ccccc21)c1cccc(C)c1. The third kappa shape index (κ3) is 3.03. The maximum atomic E-state index is 12.9. The fraction of sp³-hybridized carbons (Fsp3) is 0.263. The van der Waals surface area contributed by atoms with Crippen molar-refractivity contribution in [2.45, 2.75) is 27.0 Å². The van der Waals surface area contributed by atoms with Gasteiger partial charge in [-0.15, -0.1) is 0 Å². The summed E-state index contributed by atoms with van der Waals surface area (Å²) < 4.78 is 1.79. The highest BCUT2D eigenvalue weighted by Crippen LogP contribution is 2.19. The summed E-state index contributed by atoms with van der Waals surface area (Å²) in [7, 11) is 0. The van der Waals surface area contributed by atoms with Crippen LogP contribution >= 0.6 is 0 Å². The molecule has 3 rings (SSSR count). The number of carbonyl (C=O) groups is 1. The number of hydrogen-bond donors (Lipinski definition) is 1. The zero-order chi connectivity index (χ0) is 17.1. The first kappa shape index (κ1) is 16.2. The van der Waals surface area contributed by atoms with Crippen molar-refractivity contribution in [3.05, 3.63) is 59.9 Å². The molecule has 3 aromatic rings. The number of aliphatic hydroxyl groups is 1. The van der Waals surface area contributed by atoms with Crippen molar-refractivity contribution in [2.75, 3.05) is 11.4 Å². The van der Waals surface area contributed by atoms with E-state index in [2.05, 4.69) is 4.98 Å². The Morgan fingerprint density at radius 2 is 2.00 bits per heavy atom. The summed E-state index contributed by atoms with van der Waals surface area (Å²) >= 11 is 0. The molecule has 124 valence electrons. The van der Waals surface area contributed by atoms with Crippen LogP contribution in [0.1, 0.15) is 18.3 Å². The number of aromatic nitrogens is 2. The lowest BCUT2D eigenvalue weighted by atomic mass is 10.2. The van der Waals surface area contributed by atoms with Crippen molar-refractivity contribution >= 4 is 22.6 Å². The van der Waals surface area contributed by atoms with Gasteiger partial charge in [0.25, 0.3) is 0 Å². The van der Waals surface area contributed by atoms with Gasteiger partial charge in [0.05, 0.1) is 11.0 Å². The molecular weight excluding hydrogens is 302 g/mol. The van der Waals surface area contributed by atoms with Crippen molar-refractivity contribution < 1.29 is 9.90 Å². The quantitative estimate of drug-likeness (QED) is 0.785. The average Bonchev–Trinajstić information content (AvgIpc) is 2.93. The Balaban J connectivity index is 1.94. The van der Waals surface area contributed by atoms with Gasteiger partial charge in [0.15, 0.2) is 0 Å². The third-order valence-electron chi connectivity index (χ3n) is 4.10. The van der Waals surface area contributed by atoms with Gasteiger partial charge in [-0.05, 0) is 43.7 Å². The van der Waals surface area contributed by atoms with Crippen molar-refractivity contribution in [3.63, 3.8) is 0 Å². The predicted molar refractivity (Wildman–Crippen MR) is 94.9 cm³/mol. The molecule has 0 bridgehead atoms. The lowest BCUT2D eigenvalue weighted by Crippen LogP contribution is -2.34. The predicted octanol–water partition coefficient (Wildman–Crippen LogP) is 2.89. The smallest absolute Gasteiger partial charge is 0.246 e. The maximum Gasteiger partial charge on any atom is 0.246 e. The lowest BCUT2D eigenvalue weighted by molar-refractivity contribution is -0.119. The Morgan fingerprint density at radius 1 is 1.21 bits per heavy atom. The zero-order valence-corrected chi connectivity index (χ0v) is 13.9. The Hall–Kier alpha value is -2.66. The molecule has 0 unspecified atom stereocenters. The summed E-state index contributed by atoms with van der Waals surface area (Å²) in [6.45, 7) is 4.51. The van der Waals surface area contributed by atoms with Crippen LogP contribution in [-0.2, 0) is 17.9 Å². The van der Waals surface area contributed by atoms with Crippen LogP contribution in [0.3, 0.4) is 0 Å². The Labute approximate surface area is 141 Å². The van der Waals surface area contributed by atoms with E-state index in [1.165, 1.54) is 0 Å². The summed E-state index contributed by atoms with van der Waals surface area (Å²) in [5, 5.41) is 9.57. The van der Waals surface area contributed by atoms with E-state index in [0.29, 0.717) is 12.4 Å². The Kier molecular flexibility index (Phi) is 4.62. The first-order valence-corrected chi connectivity index (χ1v) is 8.06. The largest absolute Gasteiger partial charge is 0.388 e. The van der Waals surface area contributed by atoms with Gasteiger partial charge in [0.2, 0.25) is 5.91 Å². The topological polar surface area (TPSA) is 58.4 Å². The van der Waals surface area contributed by atoms with Gasteiger partial charge in [-0.2, -0.15) is 0 Å². The average molecular weight is 323 g/mol. The molecule has 5 nitrogen and oxygen atoms in total. The molecule has 0 aliphatic heterocycles. The molecule has 0 fully saturated rings. The third-order valence-corrected chi connectivity index (χ3v) is 4.10. The number of amides is 1. The number of carbonyl (C=O) groups excluding carboxylic acids is 1. The first-order valence-electron chi connectivity index (χ1n) is 8.06. The van der Waals surface area contributed by atoms with Crippen LogP contribution in [0.4, 0.5) is 5.69 Å². The molecule has 1 aromatic heterocycles. The molecule has 0 spiro atoms. The molecular formula is C19H21N3O2. The second-order valence-electron chi connectivity index (χ2n) is 5.74. The molecule has 5 heteroatoms. The number of aliphatic hydroxyl groups excluding tert-OH is 1. The maximum absolute atomic E-state index is 12.9. The van der Waals surface area contributed by atoms with Crippen molar-refractivity contribution in [1.82, 2.24) is 9.55 Å². The molecule has 1 amide bonds. The number of para-hydroxylation sites is 2. The summed E-state index contributed by atoms with van der Waals surface area (Å²) in [5.74, 6) is 0.478. The van der Waals surface area contributed by atoms with Crippen molar-refractivity contribution in [1.29, 1.82) is 0 Å². The van der Waals surface area contributed by atoms with Gasteiger partial charge < -0.3 is 14.6 Å². The number of fused-ring (bicyclic) bond motifs is 1. The number of rotatable bonds is 5. The van der Waals surface area contributed by atoms with Crippen molar-refractivity contribution in [3.8, 4) is 0 Å². The van der Waals surface area contributed by atoms with E-state index >= 15 is 0 Å². The summed E-state index contributed by atoms with van der Waals surface area (Å²) in [4.78, 5) is 19.0. The van der Waals surface area contributed by atoms with E-state index in [1.807, 2.05) is 62.4 Å². The highest BCUT2D eigenvalue weighted by Gasteiger charge is 2.18. The van der Waals surface area contributed by atoms with Gasteiger partial charge in [0, 0.05) is 12.2 Å². The normalized spacial score (nSPS) is 11.0.